The molecule has 3 fully saturated rings. The van der Waals surface area contributed by atoms with E-state index in [1.807, 2.05) is 11.8 Å². The lowest BCUT2D eigenvalue weighted by molar-refractivity contribution is -0.136. The molecule has 0 aromatic rings. The third-order valence-corrected chi connectivity index (χ3v) is 4.90. The number of nitrogens with one attached hydrogen (secondary N) is 1. The highest BCUT2D eigenvalue weighted by atomic mass is 16.2. The van der Waals surface area contributed by atoms with Crippen LogP contribution in [0.3, 0.4) is 0 Å². The van der Waals surface area contributed by atoms with Crippen LogP contribution in [0, 0.1) is 11.8 Å². The maximum absolute atomic E-state index is 12.7. The van der Waals surface area contributed by atoms with Crippen molar-refractivity contribution in [2.24, 2.45) is 11.8 Å². The van der Waals surface area contributed by atoms with Crippen molar-refractivity contribution in [3.63, 3.8) is 0 Å². The van der Waals surface area contributed by atoms with Gasteiger partial charge in [0.1, 0.15) is 6.04 Å². The van der Waals surface area contributed by atoms with Crippen LogP contribution in [0.1, 0.15) is 51.9 Å². The van der Waals surface area contributed by atoms with Crippen LogP contribution in [-0.4, -0.2) is 35.3 Å². The molecule has 1 heterocycles. The van der Waals surface area contributed by atoms with Crippen molar-refractivity contribution in [2.45, 2.75) is 64.0 Å². The fourth-order valence-corrected chi connectivity index (χ4v) is 3.56. The van der Waals surface area contributed by atoms with Crippen molar-refractivity contribution in [3.8, 4) is 0 Å². The summed E-state index contributed by atoms with van der Waals surface area (Å²) >= 11 is 0. The lowest BCUT2D eigenvalue weighted by Gasteiger charge is -2.31. The lowest BCUT2D eigenvalue weighted by atomic mass is 10.0. The van der Waals surface area contributed by atoms with Crippen molar-refractivity contribution in [1.29, 1.82) is 0 Å². The normalized spacial score (nSPS) is 33.4. The van der Waals surface area contributed by atoms with Crippen LogP contribution in [0.4, 0.5) is 0 Å². The summed E-state index contributed by atoms with van der Waals surface area (Å²) in [5.74, 6) is 1.27. The van der Waals surface area contributed by atoms with E-state index in [2.05, 4.69) is 5.32 Å². The molecule has 0 spiro atoms. The summed E-state index contributed by atoms with van der Waals surface area (Å²) in [6, 6.07) is -0.185. The molecule has 1 aliphatic heterocycles. The molecule has 0 radical (unpaired) electrons. The van der Waals surface area contributed by atoms with Crippen LogP contribution in [0.2, 0.25) is 0 Å². The van der Waals surface area contributed by atoms with Gasteiger partial charge in [-0.2, -0.15) is 0 Å². The highest BCUT2D eigenvalue weighted by molar-refractivity contribution is 5.91. The molecule has 106 valence electrons. The molecule has 2 unspecified atom stereocenters. The Kier molecular flexibility index (Phi) is 3.50. The van der Waals surface area contributed by atoms with E-state index >= 15 is 0 Å². The van der Waals surface area contributed by atoms with Crippen molar-refractivity contribution in [2.75, 3.05) is 6.54 Å². The molecular weight excluding hydrogens is 240 g/mol. The minimum atomic E-state index is -0.237. The van der Waals surface area contributed by atoms with E-state index in [0.29, 0.717) is 18.3 Å². The highest BCUT2D eigenvalue weighted by Gasteiger charge is 2.43. The lowest BCUT2D eigenvalue weighted by Crippen LogP contribution is -2.48. The Morgan fingerprint density at radius 3 is 2.47 bits per heavy atom. The first-order valence-corrected chi connectivity index (χ1v) is 7.75. The molecule has 2 amide bonds. The second-order valence-electron chi connectivity index (χ2n) is 6.58. The van der Waals surface area contributed by atoms with Gasteiger partial charge in [-0.15, -0.1) is 0 Å². The Labute approximate surface area is 114 Å². The van der Waals surface area contributed by atoms with Gasteiger partial charge in [-0.3, -0.25) is 9.59 Å². The summed E-state index contributed by atoms with van der Waals surface area (Å²) in [7, 11) is 0. The second-order valence-corrected chi connectivity index (χ2v) is 6.58. The van der Waals surface area contributed by atoms with Gasteiger partial charge in [-0.25, -0.2) is 0 Å². The Morgan fingerprint density at radius 1 is 1.16 bits per heavy atom. The molecule has 3 aliphatic rings. The van der Waals surface area contributed by atoms with Gasteiger partial charge in [0.15, 0.2) is 0 Å². The number of carbonyl (C=O) groups excluding carboxylic acids is 2. The predicted molar refractivity (Wildman–Crippen MR) is 72.4 cm³/mol. The minimum Gasteiger partial charge on any atom is -0.344 e. The van der Waals surface area contributed by atoms with E-state index in [9.17, 15) is 9.59 Å². The Bertz CT molecular complexity index is 372. The first kappa shape index (κ1) is 12.9. The quantitative estimate of drug-likeness (QED) is 0.843. The molecule has 0 bridgehead atoms. The first-order chi connectivity index (χ1) is 9.15. The zero-order chi connectivity index (χ0) is 13.4. The van der Waals surface area contributed by atoms with E-state index in [1.165, 1.54) is 25.7 Å². The zero-order valence-electron chi connectivity index (χ0n) is 11.7. The first-order valence-electron chi connectivity index (χ1n) is 7.75. The van der Waals surface area contributed by atoms with Crippen LogP contribution in [0.25, 0.3) is 0 Å². The van der Waals surface area contributed by atoms with Gasteiger partial charge < -0.3 is 10.2 Å². The molecular formula is C15H24N2O2. The van der Waals surface area contributed by atoms with Crippen LogP contribution < -0.4 is 5.32 Å². The third-order valence-electron chi connectivity index (χ3n) is 4.90. The molecule has 1 saturated heterocycles. The standard InChI is InChI=1S/C15H24N2O2/c1-10-8-13(18)16-14(12-6-7-12)15(19)17(10)9-11-4-2-3-5-11/h10-12,14H,2-9H2,1H3,(H,16,18). The van der Waals surface area contributed by atoms with Gasteiger partial charge in [-0.1, -0.05) is 12.8 Å². The highest BCUT2D eigenvalue weighted by Crippen LogP contribution is 2.35. The molecule has 0 aromatic carbocycles. The van der Waals surface area contributed by atoms with Crippen molar-refractivity contribution in [3.05, 3.63) is 0 Å². The topological polar surface area (TPSA) is 49.4 Å². The van der Waals surface area contributed by atoms with Crippen LogP contribution in [0.15, 0.2) is 0 Å². The maximum Gasteiger partial charge on any atom is 0.245 e. The SMILES string of the molecule is CC1CC(=O)NC(C2CC2)C(=O)N1CC1CCCC1. The van der Waals surface area contributed by atoms with Gasteiger partial charge in [-0.05, 0) is 44.4 Å². The van der Waals surface area contributed by atoms with Crippen LogP contribution in [0.5, 0.6) is 0 Å². The summed E-state index contributed by atoms with van der Waals surface area (Å²) in [6.07, 6.45) is 7.71. The van der Waals surface area contributed by atoms with Gasteiger partial charge in [0.25, 0.3) is 0 Å². The fraction of sp³-hybridized carbons (Fsp3) is 0.867. The number of hydrogen-bond donors (Lipinski definition) is 1. The Hall–Kier alpha value is -1.06. The number of rotatable bonds is 3. The summed E-state index contributed by atoms with van der Waals surface area (Å²) in [5, 5.41) is 2.95. The van der Waals surface area contributed by atoms with Crippen LogP contribution >= 0.6 is 0 Å². The van der Waals surface area contributed by atoms with E-state index in [-0.39, 0.29) is 23.9 Å². The molecule has 2 saturated carbocycles. The Balaban J connectivity index is 1.73. The van der Waals surface area contributed by atoms with Crippen LogP contribution in [-0.2, 0) is 9.59 Å². The van der Waals surface area contributed by atoms with Gasteiger partial charge >= 0.3 is 0 Å². The van der Waals surface area contributed by atoms with E-state index < -0.39 is 0 Å². The molecule has 2 atom stereocenters. The average molecular weight is 264 g/mol. The fourth-order valence-electron chi connectivity index (χ4n) is 3.56. The molecule has 1 N–H and O–H groups in total. The number of nitrogens with zero attached hydrogens (tertiary/aromatic N) is 1. The number of hydrogen-bond acceptors (Lipinski definition) is 2. The van der Waals surface area contributed by atoms with Crippen molar-refractivity contribution >= 4 is 11.8 Å². The van der Waals surface area contributed by atoms with E-state index in [1.54, 1.807) is 0 Å². The largest absolute Gasteiger partial charge is 0.344 e. The summed E-state index contributed by atoms with van der Waals surface area (Å²) in [5.41, 5.74) is 0. The number of amides is 2. The second kappa shape index (κ2) is 5.14. The predicted octanol–water partition coefficient (Wildman–Crippen LogP) is 1.69. The van der Waals surface area contributed by atoms with E-state index in [0.717, 1.165) is 19.4 Å². The molecule has 4 nitrogen and oxygen atoms in total. The smallest absolute Gasteiger partial charge is 0.245 e. The monoisotopic (exact) mass is 264 g/mol. The zero-order valence-corrected chi connectivity index (χ0v) is 11.7. The maximum atomic E-state index is 12.7. The third kappa shape index (κ3) is 2.77. The van der Waals surface area contributed by atoms with Crippen molar-refractivity contribution < 1.29 is 9.59 Å². The molecule has 19 heavy (non-hydrogen) atoms. The average Bonchev–Trinajstić information content (AvgIpc) is 3.09. The summed E-state index contributed by atoms with van der Waals surface area (Å²) in [6.45, 7) is 2.87. The van der Waals surface area contributed by atoms with E-state index in [4.69, 9.17) is 0 Å². The molecule has 4 heteroatoms. The summed E-state index contributed by atoms with van der Waals surface area (Å²) in [4.78, 5) is 26.6. The molecule has 2 aliphatic carbocycles. The summed E-state index contributed by atoms with van der Waals surface area (Å²) < 4.78 is 0. The van der Waals surface area contributed by atoms with Gasteiger partial charge in [0, 0.05) is 19.0 Å². The minimum absolute atomic E-state index is 0.0478. The van der Waals surface area contributed by atoms with Gasteiger partial charge in [0.2, 0.25) is 11.8 Å². The molecule has 3 rings (SSSR count). The van der Waals surface area contributed by atoms with Gasteiger partial charge in [0.05, 0.1) is 0 Å². The molecule has 0 aromatic heterocycles. The number of carbonyl (C=O) groups is 2. The van der Waals surface area contributed by atoms with Crippen molar-refractivity contribution in [1.82, 2.24) is 10.2 Å². The Morgan fingerprint density at radius 2 is 1.84 bits per heavy atom.